The van der Waals surface area contributed by atoms with E-state index in [2.05, 4.69) is 10.3 Å². The highest BCUT2D eigenvalue weighted by Crippen LogP contribution is 2.11. The average Bonchev–Trinajstić information content (AvgIpc) is 2.74. The Morgan fingerprint density at radius 3 is 2.80 bits per heavy atom. The van der Waals surface area contributed by atoms with Crippen LogP contribution in [0.1, 0.15) is 9.67 Å². The number of aromatic amines is 1. The summed E-state index contributed by atoms with van der Waals surface area (Å²) in [6, 6.07) is 6.48. The van der Waals surface area contributed by atoms with Gasteiger partial charge in [0, 0.05) is 12.3 Å². The monoisotopic (exact) mass is 220 g/mol. The zero-order chi connectivity index (χ0) is 10.7. The van der Waals surface area contributed by atoms with Gasteiger partial charge in [0.25, 0.3) is 5.91 Å². The Morgan fingerprint density at radius 2 is 2.20 bits per heavy atom. The number of pyridine rings is 1. The lowest BCUT2D eigenvalue weighted by Crippen LogP contribution is -2.12. The van der Waals surface area contributed by atoms with Crippen LogP contribution < -0.4 is 10.9 Å². The van der Waals surface area contributed by atoms with Gasteiger partial charge in [0.1, 0.15) is 0 Å². The fourth-order valence-corrected chi connectivity index (χ4v) is 1.71. The van der Waals surface area contributed by atoms with Gasteiger partial charge in [0.2, 0.25) is 5.56 Å². The number of rotatable bonds is 2. The first kappa shape index (κ1) is 9.67. The highest BCUT2D eigenvalue weighted by molar-refractivity contribution is 7.12. The summed E-state index contributed by atoms with van der Waals surface area (Å²) in [6.45, 7) is 0. The molecule has 0 atom stereocenters. The molecule has 0 aliphatic heterocycles. The van der Waals surface area contributed by atoms with Crippen LogP contribution in [0, 0.1) is 0 Å². The van der Waals surface area contributed by atoms with Crippen LogP contribution in [-0.2, 0) is 0 Å². The zero-order valence-corrected chi connectivity index (χ0v) is 8.51. The van der Waals surface area contributed by atoms with Gasteiger partial charge in [0.15, 0.2) is 0 Å². The lowest BCUT2D eigenvalue weighted by molar-refractivity contribution is 0.103. The number of carbonyl (C=O) groups excluding carboxylic acids is 1. The number of carbonyl (C=O) groups is 1. The number of aromatic nitrogens is 1. The summed E-state index contributed by atoms with van der Waals surface area (Å²) in [5.74, 6) is -0.169. The van der Waals surface area contributed by atoms with Crippen molar-refractivity contribution in [1.82, 2.24) is 4.98 Å². The van der Waals surface area contributed by atoms with E-state index in [-0.39, 0.29) is 11.5 Å². The molecule has 15 heavy (non-hydrogen) atoms. The Bertz CT molecular complexity index is 496. The van der Waals surface area contributed by atoms with Gasteiger partial charge in [-0.05, 0) is 17.5 Å². The molecular weight excluding hydrogens is 212 g/mol. The number of amides is 1. The Hall–Kier alpha value is -1.88. The summed E-state index contributed by atoms with van der Waals surface area (Å²) in [6.07, 6.45) is 1.47. The van der Waals surface area contributed by atoms with E-state index in [9.17, 15) is 9.59 Å². The van der Waals surface area contributed by atoms with E-state index < -0.39 is 0 Å². The fraction of sp³-hybridized carbons (Fsp3) is 0. The van der Waals surface area contributed by atoms with Gasteiger partial charge in [-0.3, -0.25) is 9.59 Å². The highest BCUT2D eigenvalue weighted by atomic mass is 32.1. The normalized spacial score (nSPS) is 9.87. The van der Waals surface area contributed by atoms with E-state index in [0.717, 1.165) is 0 Å². The number of nitrogens with one attached hydrogen (secondary N) is 2. The van der Waals surface area contributed by atoms with Crippen LogP contribution in [0.3, 0.4) is 0 Å². The summed E-state index contributed by atoms with van der Waals surface area (Å²) in [7, 11) is 0. The second-order valence-electron chi connectivity index (χ2n) is 2.87. The Kier molecular flexibility index (Phi) is 2.64. The minimum Gasteiger partial charge on any atom is -0.327 e. The van der Waals surface area contributed by atoms with Crippen molar-refractivity contribution >= 4 is 22.9 Å². The minimum atomic E-state index is -0.191. The largest absolute Gasteiger partial charge is 0.327 e. The van der Waals surface area contributed by atoms with Gasteiger partial charge in [-0.15, -0.1) is 11.3 Å². The summed E-state index contributed by atoms with van der Waals surface area (Å²) in [5.41, 5.74) is 0.386. The molecule has 0 bridgehead atoms. The second kappa shape index (κ2) is 4.10. The number of H-pyrrole nitrogens is 1. The molecule has 76 valence electrons. The molecule has 0 spiro atoms. The summed E-state index contributed by atoms with van der Waals surface area (Å²) in [5, 5.41) is 4.51. The predicted molar refractivity (Wildman–Crippen MR) is 59.3 cm³/mol. The van der Waals surface area contributed by atoms with E-state index in [0.29, 0.717) is 10.6 Å². The standard InChI is InChI=1S/C10H8N2O2S/c13-9-4-3-7(6-11-9)12-10(14)8-2-1-5-15-8/h1-6H,(H,11,13)(H,12,14). The van der Waals surface area contributed by atoms with Crippen molar-refractivity contribution in [3.8, 4) is 0 Å². The van der Waals surface area contributed by atoms with E-state index >= 15 is 0 Å². The maximum atomic E-state index is 11.6. The van der Waals surface area contributed by atoms with Crippen molar-refractivity contribution < 1.29 is 4.79 Å². The molecule has 5 heteroatoms. The summed E-state index contributed by atoms with van der Waals surface area (Å²) in [4.78, 5) is 25.5. The lowest BCUT2D eigenvalue weighted by atomic mass is 10.4. The van der Waals surface area contributed by atoms with Gasteiger partial charge in [-0.2, -0.15) is 0 Å². The SMILES string of the molecule is O=C(Nc1ccc(=O)[nH]c1)c1cccs1. The van der Waals surface area contributed by atoms with Crippen molar-refractivity contribution in [2.45, 2.75) is 0 Å². The van der Waals surface area contributed by atoms with E-state index in [4.69, 9.17) is 0 Å². The maximum absolute atomic E-state index is 11.6. The second-order valence-corrected chi connectivity index (χ2v) is 3.82. The van der Waals surface area contributed by atoms with Crippen molar-refractivity contribution in [3.63, 3.8) is 0 Å². The highest BCUT2D eigenvalue weighted by Gasteiger charge is 2.05. The number of anilines is 1. The van der Waals surface area contributed by atoms with Gasteiger partial charge in [0.05, 0.1) is 10.6 Å². The summed E-state index contributed by atoms with van der Waals surface area (Å²) >= 11 is 1.37. The van der Waals surface area contributed by atoms with Crippen LogP contribution in [0.15, 0.2) is 40.6 Å². The third-order valence-corrected chi connectivity index (χ3v) is 2.66. The molecule has 0 aromatic carbocycles. The molecule has 0 saturated carbocycles. The molecule has 2 aromatic heterocycles. The van der Waals surface area contributed by atoms with E-state index in [1.54, 1.807) is 12.1 Å². The average molecular weight is 220 g/mol. The molecule has 4 nitrogen and oxygen atoms in total. The molecule has 0 aliphatic carbocycles. The molecular formula is C10H8N2O2S. The zero-order valence-electron chi connectivity index (χ0n) is 7.69. The third-order valence-electron chi connectivity index (χ3n) is 1.79. The van der Waals surface area contributed by atoms with Gasteiger partial charge >= 0.3 is 0 Å². The molecule has 0 radical (unpaired) electrons. The van der Waals surface area contributed by atoms with Crippen LogP contribution in [0.5, 0.6) is 0 Å². The Morgan fingerprint density at radius 1 is 1.33 bits per heavy atom. The van der Waals surface area contributed by atoms with Crippen molar-refractivity contribution in [2.24, 2.45) is 0 Å². The van der Waals surface area contributed by atoms with E-state index in [1.165, 1.54) is 23.6 Å². The van der Waals surface area contributed by atoms with Gasteiger partial charge in [-0.25, -0.2) is 0 Å². The Labute approximate surface area is 89.6 Å². The van der Waals surface area contributed by atoms with Gasteiger partial charge < -0.3 is 10.3 Å². The third kappa shape index (κ3) is 2.32. The molecule has 2 heterocycles. The number of hydrogen-bond donors (Lipinski definition) is 2. The smallest absolute Gasteiger partial charge is 0.265 e. The molecule has 0 saturated heterocycles. The Balaban J connectivity index is 2.13. The first-order chi connectivity index (χ1) is 7.25. The van der Waals surface area contributed by atoms with Gasteiger partial charge in [-0.1, -0.05) is 6.07 Å². The first-order valence-corrected chi connectivity index (χ1v) is 5.17. The minimum absolute atomic E-state index is 0.169. The number of thiophene rings is 1. The van der Waals surface area contributed by atoms with Crippen molar-refractivity contribution in [1.29, 1.82) is 0 Å². The van der Waals surface area contributed by atoms with Crippen LogP contribution in [0.2, 0.25) is 0 Å². The molecule has 1 amide bonds. The van der Waals surface area contributed by atoms with Crippen molar-refractivity contribution in [2.75, 3.05) is 5.32 Å². The molecule has 0 aliphatic rings. The van der Waals surface area contributed by atoms with Crippen molar-refractivity contribution in [3.05, 3.63) is 51.1 Å². The molecule has 2 rings (SSSR count). The first-order valence-electron chi connectivity index (χ1n) is 4.29. The topological polar surface area (TPSA) is 62.0 Å². The maximum Gasteiger partial charge on any atom is 0.265 e. The van der Waals surface area contributed by atoms with Crippen LogP contribution in [0.4, 0.5) is 5.69 Å². The fourth-order valence-electron chi connectivity index (χ4n) is 1.09. The van der Waals surface area contributed by atoms with Crippen LogP contribution in [-0.4, -0.2) is 10.9 Å². The molecule has 2 aromatic rings. The van der Waals surface area contributed by atoms with Crippen LogP contribution in [0.25, 0.3) is 0 Å². The van der Waals surface area contributed by atoms with Crippen LogP contribution >= 0.6 is 11.3 Å². The van der Waals surface area contributed by atoms with E-state index in [1.807, 2.05) is 11.4 Å². The summed E-state index contributed by atoms with van der Waals surface area (Å²) < 4.78 is 0. The lowest BCUT2D eigenvalue weighted by Gasteiger charge is -2.01. The molecule has 0 fully saturated rings. The molecule has 2 N–H and O–H groups in total. The number of hydrogen-bond acceptors (Lipinski definition) is 3. The predicted octanol–water partition coefficient (Wildman–Crippen LogP) is 1.69. The molecule has 0 unspecified atom stereocenters. The quantitative estimate of drug-likeness (QED) is 0.809.